The van der Waals surface area contributed by atoms with Crippen LogP contribution < -0.4 is 5.73 Å². The number of nitrogens with two attached hydrogens (primary N) is 1. The maximum atomic E-state index is 11.7. The second-order valence-corrected chi connectivity index (χ2v) is 4.77. The fourth-order valence-corrected chi connectivity index (χ4v) is 2.22. The van der Waals surface area contributed by atoms with Crippen LogP contribution in [0.5, 0.6) is 5.75 Å². The SMILES string of the molecule is CCOC(=O)C(N)Cc1cc(O)ccc1-c1ccccc1.Cl. The predicted octanol–water partition coefficient (Wildman–Crippen LogP) is 2.91. The van der Waals surface area contributed by atoms with E-state index >= 15 is 0 Å². The van der Waals surface area contributed by atoms with Crippen molar-refractivity contribution in [3.63, 3.8) is 0 Å². The number of halogens is 1. The van der Waals surface area contributed by atoms with E-state index in [9.17, 15) is 9.90 Å². The number of benzene rings is 2. The highest BCUT2D eigenvalue weighted by molar-refractivity contribution is 5.85. The van der Waals surface area contributed by atoms with Crippen molar-refractivity contribution in [3.8, 4) is 16.9 Å². The lowest BCUT2D eigenvalue weighted by Gasteiger charge is -2.14. The molecule has 0 bridgehead atoms. The average molecular weight is 322 g/mol. The van der Waals surface area contributed by atoms with E-state index in [4.69, 9.17) is 10.5 Å². The summed E-state index contributed by atoms with van der Waals surface area (Å²) in [6.45, 7) is 2.05. The van der Waals surface area contributed by atoms with Gasteiger partial charge in [-0.15, -0.1) is 12.4 Å². The first kappa shape index (κ1) is 18.0. The Morgan fingerprint density at radius 1 is 1.23 bits per heavy atom. The van der Waals surface area contributed by atoms with E-state index in [-0.39, 0.29) is 18.2 Å². The van der Waals surface area contributed by atoms with Gasteiger partial charge in [0.05, 0.1) is 6.61 Å². The first-order valence-corrected chi connectivity index (χ1v) is 6.91. The largest absolute Gasteiger partial charge is 0.508 e. The zero-order valence-corrected chi connectivity index (χ0v) is 13.2. The summed E-state index contributed by atoms with van der Waals surface area (Å²) in [5.41, 5.74) is 8.67. The van der Waals surface area contributed by atoms with Crippen molar-refractivity contribution >= 4 is 18.4 Å². The van der Waals surface area contributed by atoms with E-state index < -0.39 is 12.0 Å². The molecule has 5 heteroatoms. The molecule has 1 unspecified atom stereocenters. The van der Waals surface area contributed by atoms with Gasteiger partial charge in [-0.05, 0) is 42.2 Å². The molecule has 2 rings (SSSR count). The summed E-state index contributed by atoms with van der Waals surface area (Å²) >= 11 is 0. The second kappa shape index (κ2) is 8.41. The lowest BCUT2D eigenvalue weighted by Crippen LogP contribution is -2.34. The van der Waals surface area contributed by atoms with Crippen LogP contribution in [0.4, 0.5) is 0 Å². The van der Waals surface area contributed by atoms with Crippen LogP contribution in [0.3, 0.4) is 0 Å². The van der Waals surface area contributed by atoms with E-state index in [0.29, 0.717) is 13.0 Å². The Kier molecular flexibility index (Phi) is 6.89. The first-order chi connectivity index (χ1) is 10.1. The first-order valence-electron chi connectivity index (χ1n) is 6.91. The normalized spacial score (nSPS) is 11.4. The van der Waals surface area contributed by atoms with Crippen LogP contribution in [0.2, 0.25) is 0 Å². The fourth-order valence-electron chi connectivity index (χ4n) is 2.22. The highest BCUT2D eigenvalue weighted by atomic mass is 35.5. The summed E-state index contributed by atoms with van der Waals surface area (Å²) in [5, 5.41) is 9.68. The van der Waals surface area contributed by atoms with Crippen LogP contribution in [0.25, 0.3) is 11.1 Å². The zero-order valence-electron chi connectivity index (χ0n) is 12.4. The minimum atomic E-state index is -0.741. The van der Waals surface area contributed by atoms with Crippen molar-refractivity contribution < 1.29 is 14.6 Å². The minimum Gasteiger partial charge on any atom is -0.508 e. The standard InChI is InChI=1S/C17H19NO3.ClH/c1-2-21-17(20)16(18)11-13-10-14(19)8-9-15(13)12-6-4-3-5-7-12;/h3-10,16,19H,2,11,18H2,1H3;1H. The summed E-state index contributed by atoms with van der Waals surface area (Å²) in [5.74, 6) is -0.277. The molecule has 0 aliphatic rings. The van der Waals surface area contributed by atoms with Gasteiger partial charge in [-0.2, -0.15) is 0 Å². The van der Waals surface area contributed by atoms with Crippen molar-refractivity contribution in [2.24, 2.45) is 5.73 Å². The van der Waals surface area contributed by atoms with E-state index in [1.807, 2.05) is 36.4 Å². The number of phenols is 1. The molecule has 0 heterocycles. The molecule has 0 aliphatic heterocycles. The molecule has 3 N–H and O–H groups in total. The van der Waals surface area contributed by atoms with Gasteiger partial charge in [0.2, 0.25) is 0 Å². The quantitative estimate of drug-likeness (QED) is 0.831. The smallest absolute Gasteiger partial charge is 0.323 e. The third kappa shape index (κ3) is 4.48. The number of esters is 1. The van der Waals surface area contributed by atoms with Crippen molar-refractivity contribution in [1.82, 2.24) is 0 Å². The molecular weight excluding hydrogens is 302 g/mol. The number of phenolic OH excluding ortho intramolecular Hbond substituents is 1. The summed E-state index contributed by atoms with van der Waals surface area (Å²) in [7, 11) is 0. The van der Waals surface area contributed by atoms with Crippen LogP contribution in [0.1, 0.15) is 12.5 Å². The Balaban J connectivity index is 0.00000242. The third-order valence-electron chi connectivity index (χ3n) is 3.20. The summed E-state index contributed by atoms with van der Waals surface area (Å²) < 4.78 is 4.93. The highest BCUT2D eigenvalue weighted by Crippen LogP contribution is 2.27. The summed E-state index contributed by atoms with van der Waals surface area (Å²) in [4.78, 5) is 11.7. The molecule has 22 heavy (non-hydrogen) atoms. The van der Waals surface area contributed by atoms with Crippen LogP contribution in [-0.4, -0.2) is 23.7 Å². The van der Waals surface area contributed by atoms with Gasteiger partial charge in [-0.3, -0.25) is 4.79 Å². The van der Waals surface area contributed by atoms with Crippen LogP contribution in [0, 0.1) is 0 Å². The molecule has 2 aromatic rings. The van der Waals surface area contributed by atoms with Gasteiger partial charge >= 0.3 is 5.97 Å². The van der Waals surface area contributed by atoms with Crippen LogP contribution >= 0.6 is 12.4 Å². The molecule has 0 saturated carbocycles. The van der Waals surface area contributed by atoms with Crippen molar-refractivity contribution in [2.75, 3.05) is 6.61 Å². The highest BCUT2D eigenvalue weighted by Gasteiger charge is 2.17. The molecule has 0 saturated heterocycles. The molecule has 0 radical (unpaired) electrons. The van der Waals surface area contributed by atoms with E-state index in [1.54, 1.807) is 19.1 Å². The average Bonchev–Trinajstić information content (AvgIpc) is 2.48. The molecule has 2 aromatic carbocycles. The van der Waals surface area contributed by atoms with Gasteiger partial charge in [0.1, 0.15) is 11.8 Å². The number of aromatic hydroxyl groups is 1. The Labute approximate surface area is 136 Å². The molecule has 0 fully saturated rings. The van der Waals surface area contributed by atoms with Gasteiger partial charge in [0.25, 0.3) is 0 Å². The Bertz CT molecular complexity index is 617. The van der Waals surface area contributed by atoms with Gasteiger partial charge in [0, 0.05) is 0 Å². The Morgan fingerprint density at radius 2 is 1.91 bits per heavy atom. The van der Waals surface area contributed by atoms with Crippen LogP contribution in [0.15, 0.2) is 48.5 Å². The molecule has 0 aromatic heterocycles. The molecule has 4 nitrogen and oxygen atoms in total. The number of hydrogen-bond donors (Lipinski definition) is 2. The topological polar surface area (TPSA) is 72.5 Å². The maximum absolute atomic E-state index is 11.7. The van der Waals surface area contributed by atoms with E-state index in [0.717, 1.165) is 16.7 Å². The van der Waals surface area contributed by atoms with E-state index in [1.165, 1.54) is 0 Å². The molecule has 118 valence electrons. The van der Waals surface area contributed by atoms with Gasteiger partial charge in [-0.25, -0.2) is 0 Å². The number of carbonyl (C=O) groups excluding carboxylic acids is 1. The van der Waals surface area contributed by atoms with Crippen molar-refractivity contribution in [2.45, 2.75) is 19.4 Å². The lowest BCUT2D eigenvalue weighted by molar-refractivity contribution is -0.144. The number of hydrogen-bond acceptors (Lipinski definition) is 4. The predicted molar refractivity (Wildman–Crippen MR) is 89.1 cm³/mol. The molecule has 1 atom stereocenters. The Morgan fingerprint density at radius 3 is 2.55 bits per heavy atom. The monoisotopic (exact) mass is 321 g/mol. The number of ether oxygens (including phenoxy) is 1. The zero-order chi connectivity index (χ0) is 15.2. The molecule has 0 spiro atoms. The van der Waals surface area contributed by atoms with Gasteiger partial charge in [0.15, 0.2) is 0 Å². The van der Waals surface area contributed by atoms with E-state index in [2.05, 4.69) is 0 Å². The fraction of sp³-hybridized carbons (Fsp3) is 0.235. The van der Waals surface area contributed by atoms with Crippen molar-refractivity contribution in [1.29, 1.82) is 0 Å². The van der Waals surface area contributed by atoms with Gasteiger partial charge in [-0.1, -0.05) is 36.4 Å². The minimum absolute atomic E-state index is 0. The molecular formula is C17H20ClNO3. The van der Waals surface area contributed by atoms with Crippen molar-refractivity contribution in [3.05, 3.63) is 54.1 Å². The summed E-state index contributed by atoms with van der Waals surface area (Å²) in [6, 6.07) is 14.1. The van der Waals surface area contributed by atoms with Gasteiger partial charge < -0.3 is 15.6 Å². The lowest BCUT2D eigenvalue weighted by atomic mass is 9.95. The number of carbonyl (C=O) groups is 1. The maximum Gasteiger partial charge on any atom is 0.323 e. The summed E-state index contributed by atoms with van der Waals surface area (Å²) in [6.07, 6.45) is 0.317. The Hall–Kier alpha value is -2.04. The number of rotatable bonds is 5. The van der Waals surface area contributed by atoms with Crippen LogP contribution in [-0.2, 0) is 16.0 Å². The third-order valence-corrected chi connectivity index (χ3v) is 3.20. The molecule has 0 aliphatic carbocycles. The molecule has 0 amide bonds. The second-order valence-electron chi connectivity index (χ2n) is 4.77.